The van der Waals surface area contributed by atoms with Crippen LogP contribution in [-0.4, -0.2) is 208 Å². The van der Waals surface area contributed by atoms with Crippen molar-refractivity contribution in [1.29, 1.82) is 0 Å². The summed E-state index contributed by atoms with van der Waals surface area (Å²) in [5, 5.41) is 16.5. The largest absolute Gasteiger partial charge is 0.748 e. The van der Waals surface area contributed by atoms with E-state index in [0.717, 1.165) is 12.1 Å². The van der Waals surface area contributed by atoms with Crippen LogP contribution in [0, 0.1) is 0 Å². The first kappa shape index (κ1) is 78.7. The molecule has 8 rings (SSSR count). The van der Waals surface area contributed by atoms with Gasteiger partial charge in [0.05, 0.1) is 102 Å². The SMILES string of the molecule is CC1(C)C(/C=C/C(=C/C=C2/N(CCCS(=O)(=O)O)c3ccc4c(S(=O)(=O)O)cc(S(=O)(=O)O)cc4c3C2(C)C)c2ccc(C(=O)NCCOCCOCCOCCOCCC(=O)Nc3nnc(S(N)(=O)=O)s3)cn2)=[N+](CCCS(=O)(=O)[O-])c2ccc3c(S(=O)(=O)O)cc(S(=O)(=O)O)cc3c21. The number of nitrogens with two attached hydrogens (primary N) is 1. The highest BCUT2D eigenvalue weighted by molar-refractivity contribution is 7.91. The van der Waals surface area contributed by atoms with Gasteiger partial charge in [0, 0.05) is 82.3 Å². The van der Waals surface area contributed by atoms with Gasteiger partial charge >= 0.3 is 0 Å². The predicted octanol–water partition coefficient (Wildman–Crippen LogP) is 3.61. The Morgan fingerprint density at radius 3 is 1.74 bits per heavy atom. The summed E-state index contributed by atoms with van der Waals surface area (Å²) in [5.74, 6) is -2.66. The van der Waals surface area contributed by atoms with Crippen molar-refractivity contribution in [1.82, 2.24) is 20.5 Å². The molecule has 9 N–H and O–H groups in total. The van der Waals surface area contributed by atoms with Crippen LogP contribution < -0.4 is 20.7 Å². The summed E-state index contributed by atoms with van der Waals surface area (Å²) >= 11 is 0.602. The molecule has 0 saturated carbocycles. The van der Waals surface area contributed by atoms with Crippen molar-refractivity contribution in [3.8, 4) is 0 Å². The molecule has 2 amide bonds. The van der Waals surface area contributed by atoms with E-state index in [1.54, 1.807) is 49.3 Å². The van der Waals surface area contributed by atoms with Crippen LogP contribution in [0.1, 0.15) is 74.1 Å². The topological polar surface area (TPSA) is 529 Å². The number of benzene rings is 4. The van der Waals surface area contributed by atoms with Crippen LogP contribution in [0.3, 0.4) is 0 Å². The van der Waals surface area contributed by atoms with Crippen LogP contribution in [0.25, 0.3) is 27.1 Å². The fourth-order valence-electron chi connectivity index (χ4n) is 11.4. The second kappa shape index (κ2) is 30.9. The van der Waals surface area contributed by atoms with Gasteiger partial charge in [-0.25, -0.2) is 22.0 Å². The van der Waals surface area contributed by atoms with Gasteiger partial charge in [0.1, 0.15) is 16.3 Å². The maximum atomic E-state index is 13.5. The van der Waals surface area contributed by atoms with Crippen molar-refractivity contribution < 1.29 is 119 Å². The summed E-state index contributed by atoms with van der Waals surface area (Å²) in [6.45, 7) is 7.44. The van der Waals surface area contributed by atoms with Crippen LogP contribution in [0.5, 0.6) is 0 Å². The number of hydrogen-bond donors (Lipinski definition) is 8. The lowest BCUT2D eigenvalue weighted by molar-refractivity contribution is -0.437. The van der Waals surface area contributed by atoms with E-state index in [4.69, 9.17) is 24.1 Å². The first-order chi connectivity index (χ1) is 46.4. The smallest absolute Gasteiger partial charge is 0.295 e. The molecule has 4 heterocycles. The van der Waals surface area contributed by atoms with Crippen molar-refractivity contribution in [3.63, 3.8) is 0 Å². The van der Waals surface area contributed by atoms with Gasteiger partial charge < -0.3 is 39.0 Å². The number of pyridine rings is 1. The molecular formula is C58H68N8O26S8. The number of aromatic nitrogens is 3. The Morgan fingerprint density at radius 1 is 0.660 bits per heavy atom. The van der Waals surface area contributed by atoms with Crippen molar-refractivity contribution in [3.05, 3.63) is 119 Å². The zero-order chi connectivity index (χ0) is 73.8. The van der Waals surface area contributed by atoms with Gasteiger partial charge in [0.25, 0.3) is 66.5 Å². The zero-order valence-electron chi connectivity index (χ0n) is 53.4. The second-order valence-corrected chi connectivity index (χ2v) is 34.8. The van der Waals surface area contributed by atoms with E-state index in [1.165, 1.54) is 54.7 Å². The Morgan fingerprint density at radius 2 is 1.22 bits per heavy atom. The average Bonchev–Trinajstić information content (AvgIpc) is 1.56. The van der Waals surface area contributed by atoms with Gasteiger partial charge in [-0.15, -0.1) is 10.2 Å². The molecule has 0 fully saturated rings. The first-order valence-electron chi connectivity index (χ1n) is 29.6. The molecule has 4 aromatic carbocycles. The van der Waals surface area contributed by atoms with E-state index in [-0.39, 0.29) is 158 Å². The van der Waals surface area contributed by atoms with Crippen molar-refractivity contribution in [2.24, 2.45) is 5.14 Å². The summed E-state index contributed by atoms with van der Waals surface area (Å²) in [4.78, 5) is 28.3. The fraction of sp³-hybridized carbons (Fsp3) is 0.379. The van der Waals surface area contributed by atoms with Crippen molar-refractivity contribution in [2.45, 2.75) is 81.7 Å². The normalized spacial score (nSPS) is 15.7. The molecule has 34 nitrogen and oxygen atoms in total. The van der Waals surface area contributed by atoms with Gasteiger partial charge in [-0.1, -0.05) is 37.3 Å². The summed E-state index contributed by atoms with van der Waals surface area (Å²) in [6.07, 6.45) is 6.85. The Labute approximate surface area is 579 Å². The molecule has 0 saturated heterocycles. The van der Waals surface area contributed by atoms with Crippen LogP contribution in [0.2, 0.25) is 0 Å². The number of nitrogens with zero attached hydrogens (tertiary/aromatic N) is 5. The molecule has 0 unspecified atom stereocenters. The lowest BCUT2D eigenvalue weighted by Gasteiger charge is -2.27. The third-order valence-corrected chi connectivity index (χ3v) is 22.9. The highest BCUT2D eigenvalue weighted by Crippen LogP contribution is 2.52. The number of carbonyl (C=O) groups is 2. The molecule has 100 heavy (non-hydrogen) atoms. The van der Waals surface area contributed by atoms with Gasteiger partial charge in [-0.3, -0.25) is 37.3 Å². The third-order valence-electron chi connectivity index (χ3n) is 15.7. The van der Waals surface area contributed by atoms with Gasteiger partial charge in [0.2, 0.25) is 21.1 Å². The second-order valence-electron chi connectivity index (χ2n) is 23.4. The number of anilines is 2. The summed E-state index contributed by atoms with van der Waals surface area (Å²) in [5.41, 5.74) is -0.693. The van der Waals surface area contributed by atoms with E-state index in [2.05, 4.69) is 25.8 Å². The van der Waals surface area contributed by atoms with Crippen LogP contribution >= 0.6 is 11.3 Å². The lowest BCUT2D eigenvalue weighted by Crippen LogP contribution is -2.28. The molecule has 0 atom stereocenters. The maximum Gasteiger partial charge on any atom is 0.295 e. The number of hydrogen-bond acceptors (Lipinski definition) is 26. The first-order valence-corrected chi connectivity index (χ1v) is 40.9. The Bertz CT molecular complexity index is 5180. The third kappa shape index (κ3) is 19.6. The van der Waals surface area contributed by atoms with E-state index in [0.29, 0.717) is 34.9 Å². The number of primary sulfonamides is 1. The summed E-state index contributed by atoms with van der Waals surface area (Å²) < 4.78 is 259. The number of amides is 2. The molecule has 2 aliphatic heterocycles. The molecule has 2 aromatic heterocycles. The molecule has 0 aliphatic carbocycles. The molecular weight excluding hydrogens is 1480 g/mol. The highest BCUT2D eigenvalue weighted by Gasteiger charge is 2.47. The average molecular weight is 1550 g/mol. The van der Waals surface area contributed by atoms with E-state index in [1.807, 2.05) is 0 Å². The minimum absolute atomic E-state index is 0.0362. The van der Waals surface area contributed by atoms with Crippen molar-refractivity contribution in [2.75, 3.05) is 94.2 Å². The quantitative estimate of drug-likeness (QED) is 0.00940. The number of rotatable bonds is 34. The van der Waals surface area contributed by atoms with E-state index in [9.17, 15) is 95.8 Å². The minimum atomic E-state index is -5.19. The predicted molar refractivity (Wildman–Crippen MR) is 360 cm³/mol. The highest BCUT2D eigenvalue weighted by atomic mass is 32.3. The standard InChI is InChI=1S/C58H68N8O26S8/c1-57(2)49(65(19-5-29-94(69,70)71)45-13-10-40-42(52(45)57)31-38(97(77,78)79)33-47(40)99(83,84)85)15-8-36(9-16-50-58(3,4)53-43-32-39(98(80,81)82)34-48(100(86,87)88)41(43)11-14-46(53)66(50)20-6-30-95(72,73)74)44-12-7-37(35-61-44)54(68)60-18-22-90-24-26-92-28-27-91-25-23-89-21-17-51(67)62-55-63-64-56(93-55)96(59,75)76/h7-16,31-35H,5-6,17-30H2,1-4H3,(H9-,59,60,62,63,67,68,69,70,71,72,73,74,75,76,77,78,79,80,81,82,83,84,85,86,87,88). The molecule has 0 bridgehead atoms. The van der Waals surface area contributed by atoms with Gasteiger partial charge in [0.15, 0.2) is 5.71 Å². The maximum absolute atomic E-state index is 13.5. The monoisotopic (exact) mass is 1550 g/mol. The van der Waals surface area contributed by atoms with Crippen LogP contribution in [-0.2, 0) is 105 Å². The fourth-order valence-corrected chi connectivity index (χ4v) is 16.4. The number of nitrogens with one attached hydrogen (secondary N) is 2. The number of fused-ring (bicyclic) bond motifs is 6. The van der Waals surface area contributed by atoms with Crippen molar-refractivity contribution >= 4 is 143 Å². The molecule has 6 aromatic rings. The zero-order valence-corrected chi connectivity index (χ0v) is 59.9. The molecule has 42 heteroatoms. The Balaban J connectivity index is 1.06. The number of allylic oxidation sites excluding steroid dienone is 6. The lowest BCUT2D eigenvalue weighted by atomic mass is 9.79. The van der Waals surface area contributed by atoms with Crippen LogP contribution in [0.4, 0.5) is 16.5 Å². The minimum Gasteiger partial charge on any atom is -0.748 e. The number of ether oxygens (including phenoxy) is 4. The number of sulfonamides is 1. The van der Waals surface area contributed by atoms with Gasteiger partial charge in [-0.2, -0.15) is 46.7 Å². The van der Waals surface area contributed by atoms with Gasteiger partial charge in [-0.05, 0) is 97.3 Å². The molecule has 0 radical (unpaired) electrons. The molecule has 544 valence electrons. The summed E-state index contributed by atoms with van der Waals surface area (Å²) in [6, 6.07) is 11.5. The van der Waals surface area contributed by atoms with E-state index >= 15 is 0 Å². The summed E-state index contributed by atoms with van der Waals surface area (Å²) in [7, 11) is -34.1. The molecule has 0 spiro atoms. The van der Waals surface area contributed by atoms with E-state index < -0.39 is 129 Å². The Hall–Kier alpha value is -7.05. The Kier molecular flexibility index (Phi) is 24.3. The molecule has 2 aliphatic rings. The van der Waals surface area contributed by atoms with Crippen LogP contribution in [0.15, 0.2) is 121 Å². The number of carbonyl (C=O) groups excluding carboxylic acids is 2.